The van der Waals surface area contributed by atoms with Gasteiger partial charge in [-0.05, 0) is 49.6 Å². The van der Waals surface area contributed by atoms with E-state index in [0.29, 0.717) is 40.7 Å². The maximum Gasteiger partial charge on any atom is 0.295 e. The Hall–Kier alpha value is -2.67. The van der Waals surface area contributed by atoms with Gasteiger partial charge in [0, 0.05) is 6.42 Å². The highest BCUT2D eigenvalue weighted by Crippen LogP contribution is 2.37. The normalized spacial score (nSPS) is 20.7. The number of benzene rings is 1. The molecule has 1 aromatic heterocycles. The van der Waals surface area contributed by atoms with Gasteiger partial charge in [0.2, 0.25) is 5.88 Å². The van der Waals surface area contributed by atoms with E-state index in [9.17, 15) is 4.79 Å². The lowest BCUT2D eigenvalue weighted by Crippen LogP contribution is -2.44. The molecular weight excluding hydrogens is 417 g/mol. The Labute approximate surface area is 187 Å². The third-order valence-corrected chi connectivity index (χ3v) is 5.91. The molecule has 1 aliphatic heterocycles. The summed E-state index contributed by atoms with van der Waals surface area (Å²) >= 11 is 6.28. The van der Waals surface area contributed by atoms with E-state index in [-0.39, 0.29) is 31.6 Å². The Morgan fingerprint density at radius 3 is 2.90 bits per heavy atom. The van der Waals surface area contributed by atoms with Crippen molar-refractivity contribution in [3.8, 4) is 11.9 Å². The van der Waals surface area contributed by atoms with Crippen LogP contribution >= 0.6 is 11.6 Å². The van der Waals surface area contributed by atoms with Crippen molar-refractivity contribution >= 4 is 36.3 Å². The second-order valence-electron chi connectivity index (χ2n) is 7.73. The highest BCUT2D eigenvalue weighted by atomic mass is 35.5. The van der Waals surface area contributed by atoms with Gasteiger partial charge in [-0.25, -0.2) is 9.97 Å². The summed E-state index contributed by atoms with van der Waals surface area (Å²) in [7, 11) is 0. The van der Waals surface area contributed by atoms with Gasteiger partial charge in [-0.15, -0.1) is 0 Å². The molecule has 2 aromatic rings. The standard InChI is InChI=1S/C21H25BClN5O3/c1-13-8-22(30-11-25)9-16(5-6-29)19(13)31-21-14(2)20(26-12-27-21)28-18-4-3-15(10-24)7-17(18)23/h3-4,6-7,12-13,16,19H,5,8-9,11,25H2,1-2H3,(H,26,27,28). The fourth-order valence-corrected chi connectivity index (χ4v) is 4.27. The Balaban J connectivity index is 1.80. The van der Waals surface area contributed by atoms with Gasteiger partial charge in [-0.2, -0.15) is 5.26 Å². The van der Waals surface area contributed by atoms with Crippen molar-refractivity contribution in [1.82, 2.24) is 9.97 Å². The Morgan fingerprint density at radius 1 is 1.42 bits per heavy atom. The largest absolute Gasteiger partial charge is 0.473 e. The van der Waals surface area contributed by atoms with Crippen LogP contribution in [0.4, 0.5) is 11.5 Å². The predicted octanol–water partition coefficient (Wildman–Crippen LogP) is 3.58. The lowest BCUT2D eigenvalue weighted by molar-refractivity contribution is -0.109. The van der Waals surface area contributed by atoms with Crippen LogP contribution in [0.1, 0.15) is 24.5 Å². The number of carbonyl (C=O) groups is 1. The maximum atomic E-state index is 11.3. The second-order valence-corrected chi connectivity index (χ2v) is 8.14. The molecule has 31 heavy (non-hydrogen) atoms. The molecule has 10 heteroatoms. The zero-order valence-corrected chi connectivity index (χ0v) is 18.3. The predicted molar refractivity (Wildman–Crippen MR) is 119 cm³/mol. The zero-order chi connectivity index (χ0) is 22.4. The first-order valence-corrected chi connectivity index (χ1v) is 10.5. The van der Waals surface area contributed by atoms with E-state index in [4.69, 9.17) is 32.0 Å². The summed E-state index contributed by atoms with van der Waals surface area (Å²) in [4.78, 5) is 19.9. The van der Waals surface area contributed by atoms with Crippen LogP contribution in [0.25, 0.3) is 0 Å². The third kappa shape index (κ3) is 5.53. The van der Waals surface area contributed by atoms with Crippen LogP contribution in [0.2, 0.25) is 17.7 Å². The van der Waals surface area contributed by atoms with Gasteiger partial charge >= 0.3 is 0 Å². The molecule has 1 aromatic carbocycles. The molecule has 0 bridgehead atoms. The van der Waals surface area contributed by atoms with E-state index in [1.807, 2.05) is 6.92 Å². The number of ether oxygens (including phenoxy) is 1. The van der Waals surface area contributed by atoms with Crippen LogP contribution < -0.4 is 15.8 Å². The zero-order valence-electron chi connectivity index (χ0n) is 17.5. The molecule has 1 saturated heterocycles. The molecule has 0 aliphatic carbocycles. The van der Waals surface area contributed by atoms with Gasteiger partial charge in [0.1, 0.15) is 24.5 Å². The van der Waals surface area contributed by atoms with E-state index in [2.05, 4.69) is 28.3 Å². The fourth-order valence-electron chi connectivity index (χ4n) is 4.04. The molecular formula is C21H25BClN5O3. The molecule has 1 fully saturated rings. The molecule has 3 unspecified atom stereocenters. The highest BCUT2D eigenvalue weighted by Gasteiger charge is 2.40. The number of aromatic nitrogens is 2. The molecule has 0 amide bonds. The number of nitrogens with one attached hydrogen (secondary N) is 1. The molecule has 0 spiro atoms. The van der Waals surface area contributed by atoms with E-state index >= 15 is 0 Å². The smallest absolute Gasteiger partial charge is 0.295 e. The number of nitrogens with two attached hydrogens (primary N) is 1. The Kier molecular flexibility index (Phi) is 7.85. The van der Waals surface area contributed by atoms with Crippen molar-refractivity contribution in [2.45, 2.75) is 39.0 Å². The number of halogens is 1. The van der Waals surface area contributed by atoms with Crippen LogP contribution in [0.5, 0.6) is 5.88 Å². The second kappa shape index (κ2) is 10.6. The van der Waals surface area contributed by atoms with E-state index < -0.39 is 0 Å². The summed E-state index contributed by atoms with van der Waals surface area (Å²) in [5, 5.41) is 12.6. The van der Waals surface area contributed by atoms with Crippen molar-refractivity contribution in [2.75, 3.05) is 12.0 Å². The lowest BCUT2D eigenvalue weighted by atomic mass is 9.49. The molecule has 8 nitrogen and oxygen atoms in total. The van der Waals surface area contributed by atoms with Crippen molar-refractivity contribution in [3.63, 3.8) is 0 Å². The van der Waals surface area contributed by atoms with Crippen LogP contribution in [-0.2, 0) is 9.45 Å². The number of hydrogen-bond acceptors (Lipinski definition) is 8. The molecule has 3 rings (SSSR count). The monoisotopic (exact) mass is 441 g/mol. The van der Waals surface area contributed by atoms with Crippen LogP contribution in [0.15, 0.2) is 24.5 Å². The molecule has 1 aliphatic rings. The Morgan fingerprint density at radius 2 is 2.23 bits per heavy atom. The average molecular weight is 442 g/mol. The first kappa shape index (κ1) is 23.0. The van der Waals surface area contributed by atoms with Gasteiger partial charge in [-0.1, -0.05) is 18.5 Å². The van der Waals surface area contributed by atoms with E-state index in [1.165, 1.54) is 6.33 Å². The molecule has 2 heterocycles. The average Bonchev–Trinajstić information content (AvgIpc) is 2.74. The van der Waals surface area contributed by atoms with Crippen LogP contribution in [0.3, 0.4) is 0 Å². The van der Waals surface area contributed by atoms with Crippen molar-refractivity contribution < 1.29 is 14.2 Å². The quantitative estimate of drug-likeness (QED) is 0.362. The van der Waals surface area contributed by atoms with Crippen LogP contribution in [0, 0.1) is 30.1 Å². The van der Waals surface area contributed by atoms with Crippen molar-refractivity contribution in [1.29, 1.82) is 5.26 Å². The fraction of sp³-hybridized carbons (Fsp3) is 0.429. The first-order chi connectivity index (χ1) is 15.0. The topological polar surface area (TPSA) is 123 Å². The van der Waals surface area contributed by atoms with Gasteiger partial charge in [0.05, 0.1) is 34.6 Å². The minimum Gasteiger partial charge on any atom is -0.473 e. The number of rotatable bonds is 8. The number of aldehydes is 1. The minimum absolute atomic E-state index is 0.0107. The number of hydrogen-bond donors (Lipinski definition) is 2. The van der Waals surface area contributed by atoms with Gasteiger partial charge in [0.25, 0.3) is 6.92 Å². The van der Waals surface area contributed by atoms with E-state index in [0.717, 1.165) is 18.2 Å². The summed E-state index contributed by atoms with van der Waals surface area (Å²) < 4.78 is 11.9. The number of nitriles is 1. The summed E-state index contributed by atoms with van der Waals surface area (Å²) in [6.45, 7) is 4.12. The van der Waals surface area contributed by atoms with Gasteiger partial charge in [0.15, 0.2) is 0 Å². The molecule has 162 valence electrons. The number of nitrogens with zero attached hydrogens (tertiary/aromatic N) is 3. The van der Waals surface area contributed by atoms with Crippen molar-refractivity contribution in [3.05, 3.63) is 40.7 Å². The number of anilines is 2. The SMILES string of the molecule is Cc1c(Nc2ccc(C#N)cc2Cl)ncnc1OC1C(C)CB(OCN)CC1CC=O. The van der Waals surface area contributed by atoms with Gasteiger partial charge < -0.3 is 25.2 Å². The molecule has 0 radical (unpaired) electrons. The number of carbonyl (C=O) groups excluding carboxylic acids is 1. The van der Waals surface area contributed by atoms with Crippen LogP contribution in [-0.4, -0.2) is 36.0 Å². The summed E-state index contributed by atoms with van der Waals surface area (Å²) in [5.74, 6) is 1.18. The summed E-state index contributed by atoms with van der Waals surface area (Å²) in [5.41, 5.74) is 7.36. The minimum atomic E-state index is -0.178. The summed E-state index contributed by atoms with van der Waals surface area (Å²) in [6, 6.07) is 7.05. The highest BCUT2D eigenvalue weighted by molar-refractivity contribution is 6.52. The molecule has 0 saturated carbocycles. The molecule has 3 N–H and O–H groups in total. The third-order valence-electron chi connectivity index (χ3n) is 5.59. The van der Waals surface area contributed by atoms with Crippen molar-refractivity contribution in [2.24, 2.45) is 17.6 Å². The Bertz CT molecular complexity index is 971. The first-order valence-electron chi connectivity index (χ1n) is 10.2. The maximum absolute atomic E-state index is 11.3. The van der Waals surface area contributed by atoms with E-state index in [1.54, 1.807) is 18.2 Å². The molecule has 3 atom stereocenters. The van der Waals surface area contributed by atoms with Gasteiger partial charge in [-0.3, -0.25) is 0 Å². The lowest BCUT2D eigenvalue weighted by Gasteiger charge is -2.38. The summed E-state index contributed by atoms with van der Waals surface area (Å²) in [6.07, 6.45) is 4.06.